The molecule has 3 N–H and O–H groups in total. The molecule has 180 valence electrons. The third kappa shape index (κ3) is 7.30. The number of anilines is 1. The van der Waals surface area contributed by atoms with Gasteiger partial charge in [0.05, 0.1) is 25.5 Å². The average Bonchev–Trinajstić information content (AvgIpc) is 2.76. The van der Waals surface area contributed by atoms with Gasteiger partial charge >= 0.3 is 12.2 Å². The second-order valence-corrected chi connectivity index (χ2v) is 7.59. The highest BCUT2D eigenvalue weighted by molar-refractivity contribution is 5.94. The Morgan fingerprint density at radius 1 is 1.00 bits per heavy atom. The van der Waals surface area contributed by atoms with E-state index in [9.17, 15) is 22.8 Å². The number of methoxy groups -OCH3 is 2. The Morgan fingerprint density at radius 2 is 1.67 bits per heavy atom. The topological polar surface area (TPSA) is 88.7 Å². The molecule has 7 nitrogen and oxygen atoms in total. The average molecular weight is 467 g/mol. The first-order valence-corrected chi connectivity index (χ1v) is 10.3. The van der Waals surface area contributed by atoms with E-state index in [2.05, 4.69) is 16.0 Å². The number of halogens is 3. The first-order chi connectivity index (χ1) is 15.6. The van der Waals surface area contributed by atoms with Gasteiger partial charge in [-0.05, 0) is 42.2 Å². The molecule has 2 aromatic rings. The highest BCUT2D eigenvalue weighted by Crippen LogP contribution is 2.34. The molecule has 0 aliphatic carbocycles. The molecule has 0 heterocycles. The van der Waals surface area contributed by atoms with Crippen LogP contribution < -0.4 is 25.4 Å². The standard InChI is InChI=1S/C23H28F3N3O4/c1-14(2)20(29-22(31)28-17-8-6-5-7-16(17)23(24,25)26)21(30)27-12-11-15-9-10-18(32-3)19(13-15)33-4/h5-10,13-14,20H,11-12H2,1-4H3,(H,27,30)(H2,28,29,31). The Bertz CT molecular complexity index is 964. The second kappa shape index (κ2) is 11.4. The van der Waals surface area contributed by atoms with Crippen LogP contribution in [0.2, 0.25) is 0 Å². The van der Waals surface area contributed by atoms with Gasteiger partial charge in [0, 0.05) is 6.54 Å². The molecular weight excluding hydrogens is 439 g/mol. The van der Waals surface area contributed by atoms with Gasteiger partial charge in [-0.1, -0.05) is 32.0 Å². The Balaban J connectivity index is 1.97. The lowest BCUT2D eigenvalue weighted by Crippen LogP contribution is -2.51. The lowest BCUT2D eigenvalue weighted by molar-refractivity contribution is -0.137. The number of nitrogens with one attached hydrogen (secondary N) is 3. The number of ether oxygens (including phenoxy) is 2. The summed E-state index contributed by atoms with van der Waals surface area (Å²) in [5, 5.41) is 7.40. The van der Waals surface area contributed by atoms with Crippen LogP contribution in [0.3, 0.4) is 0 Å². The van der Waals surface area contributed by atoms with Crippen LogP contribution in [0.4, 0.5) is 23.7 Å². The first kappa shape index (κ1) is 25.8. The van der Waals surface area contributed by atoms with E-state index in [1.165, 1.54) is 26.4 Å². The van der Waals surface area contributed by atoms with E-state index >= 15 is 0 Å². The number of carbonyl (C=O) groups excluding carboxylic acids is 2. The maximum absolute atomic E-state index is 13.1. The van der Waals surface area contributed by atoms with Crippen molar-refractivity contribution >= 4 is 17.6 Å². The van der Waals surface area contributed by atoms with E-state index in [0.717, 1.165) is 17.7 Å². The van der Waals surface area contributed by atoms with Gasteiger partial charge in [-0.25, -0.2) is 4.79 Å². The molecule has 0 radical (unpaired) electrons. The maximum atomic E-state index is 13.1. The molecule has 0 aliphatic rings. The monoisotopic (exact) mass is 467 g/mol. The molecule has 2 rings (SSSR count). The summed E-state index contributed by atoms with van der Waals surface area (Å²) in [6, 6.07) is 8.20. The predicted molar refractivity (Wildman–Crippen MR) is 118 cm³/mol. The molecule has 0 bridgehead atoms. The molecule has 33 heavy (non-hydrogen) atoms. The molecule has 0 spiro atoms. The lowest BCUT2D eigenvalue weighted by Gasteiger charge is -2.22. The van der Waals surface area contributed by atoms with Crippen LogP contribution in [0.25, 0.3) is 0 Å². The number of rotatable bonds is 9. The summed E-state index contributed by atoms with van der Waals surface area (Å²) >= 11 is 0. The number of amides is 3. The van der Waals surface area contributed by atoms with Crippen molar-refractivity contribution in [3.8, 4) is 11.5 Å². The van der Waals surface area contributed by atoms with E-state index < -0.39 is 29.7 Å². The van der Waals surface area contributed by atoms with Gasteiger partial charge in [-0.3, -0.25) is 4.79 Å². The molecule has 1 unspecified atom stereocenters. The first-order valence-electron chi connectivity index (χ1n) is 10.3. The van der Waals surface area contributed by atoms with Gasteiger partial charge < -0.3 is 25.4 Å². The van der Waals surface area contributed by atoms with Gasteiger partial charge in [0.25, 0.3) is 0 Å². The van der Waals surface area contributed by atoms with Crippen LogP contribution in [0.5, 0.6) is 11.5 Å². The van der Waals surface area contributed by atoms with Crippen molar-refractivity contribution in [1.29, 1.82) is 0 Å². The minimum absolute atomic E-state index is 0.289. The largest absolute Gasteiger partial charge is 0.493 e. The second-order valence-electron chi connectivity index (χ2n) is 7.59. The molecule has 0 saturated heterocycles. The molecule has 3 amide bonds. The van der Waals surface area contributed by atoms with E-state index in [1.54, 1.807) is 26.0 Å². The third-order valence-corrected chi connectivity index (χ3v) is 4.88. The van der Waals surface area contributed by atoms with Crippen LogP contribution in [-0.4, -0.2) is 38.7 Å². The number of hydrogen-bond donors (Lipinski definition) is 3. The number of urea groups is 1. The van der Waals surface area contributed by atoms with E-state index in [0.29, 0.717) is 17.9 Å². The fraction of sp³-hybridized carbons (Fsp3) is 0.391. The lowest BCUT2D eigenvalue weighted by atomic mass is 10.0. The molecule has 0 aliphatic heterocycles. The van der Waals surface area contributed by atoms with Crippen LogP contribution in [-0.2, 0) is 17.4 Å². The summed E-state index contributed by atoms with van der Waals surface area (Å²) in [6.45, 7) is 3.74. The van der Waals surface area contributed by atoms with E-state index in [4.69, 9.17) is 9.47 Å². The predicted octanol–water partition coefficient (Wildman–Crippen LogP) is 4.23. The van der Waals surface area contributed by atoms with Crippen molar-refractivity contribution in [2.45, 2.75) is 32.5 Å². The van der Waals surface area contributed by atoms with Crippen LogP contribution >= 0.6 is 0 Å². The summed E-state index contributed by atoms with van der Waals surface area (Å²) in [4.78, 5) is 25.0. The van der Waals surface area contributed by atoms with Gasteiger partial charge in [0.15, 0.2) is 11.5 Å². The van der Waals surface area contributed by atoms with Crippen molar-refractivity contribution in [2.75, 3.05) is 26.1 Å². The minimum Gasteiger partial charge on any atom is -0.493 e. The van der Waals surface area contributed by atoms with Crippen molar-refractivity contribution in [3.63, 3.8) is 0 Å². The zero-order chi connectivity index (χ0) is 24.6. The SMILES string of the molecule is COc1ccc(CCNC(=O)C(NC(=O)Nc2ccccc2C(F)(F)F)C(C)C)cc1OC. The van der Waals surface area contributed by atoms with Crippen LogP contribution in [0, 0.1) is 5.92 Å². The fourth-order valence-electron chi connectivity index (χ4n) is 3.15. The summed E-state index contributed by atoms with van der Waals surface area (Å²) in [7, 11) is 3.06. The smallest absolute Gasteiger partial charge is 0.418 e. The number of para-hydroxylation sites is 1. The molecule has 1 atom stereocenters. The number of carbonyl (C=O) groups is 2. The molecular formula is C23H28F3N3O4. The number of benzene rings is 2. The van der Waals surface area contributed by atoms with E-state index in [1.807, 2.05) is 6.07 Å². The van der Waals surface area contributed by atoms with Gasteiger partial charge in [-0.15, -0.1) is 0 Å². The van der Waals surface area contributed by atoms with Crippen LogP contribution in [0.1, 0.15) is 25.0 Å². The Labute approximate surface area is 190 Å². The van der Waals surface area contributed by atoms with Gasteiger partial charge in [-0.2, -0.15) is 13.2 Å². The van der Waals surface area contributed by atoms with Gasteiger partial charge in [0.2, 0.25) is 5.91 Å². The highest BCUT2D eigenvalue weighted by Gasteiger charge is 2.34. The zero-order valence-corrected chi connectivity index (χ0v) is 18.9. The minimum atomic E-state index is -4.62. The summed E-state index contributed by atoms with van der Waals surface area (Å²) < 4.78 is 49.9. The van der Waals surface area contributed by atoms with Crippen molar-refractivity contribution < 1.29 is 32.2 Å². The summed E-state index contributed by atoms with van der Waals surface area (Å²) in [6.07, 6.45) is -4.12. The third-order valence-electron chi connectivity index (χ3n) is 4.88. The Hall–Kier alpha value is -3.43. The summed E-state index contributed by atoms with van der Waals surface area (Å²) in [5.41, 5.74) is -0.456. The zero-order valence-electron chi connectivity index (χ0n) is 18.9. The fourth-order valence-corrected chi connectivity index (χ4v) is 3.15. The van der Waals surface area contributed by atoms with Crippen molar-refractivity contribution in [1.82, 2.24) is 10.6 Å². The van der Waals surface area contributed by atoms with Gasteiger partial charge in [0.1, 0.15) is 6.04 Å². The molecule has 10 heteroatoms. The summed E-state index contributed by atoms with van der Waals surface area (Å²) in [5.74, 6) is 0.422. The Morgan fingerprint density at radius 3 is 2.27 bits per heavy atom. The molecule has 0 saturated carbocycles. The quantitative estimate of drug-likeness (QED) is 0.515. The van der Waals surface area contributed by atoms with Crippen molar-refractivity contribution in [2.24, 2.45) is 5.92 Å². The maximum Gasteiger partial charge on any atom is 0.418 e. The van der Waals surface area contributed by atoms with Crippen LogP contribution in [0.15, 0.2) is 42.5 Å². The van der Waals surface area contributed by atoms with Crippen molar-refractivity contribution in [3.05, 3.63) is 53.6 Å². The number of hydrogen-bond acceptors (Lipinski definition) is 4. The molecule has 0 aromatic heterocycles. The highest BCUT2D eigenvalue weighted by atomic mass is 19.4. The molecule has 0 fully saturated rings. The normalized spacial score (nSPS) is 12.1. The van der Waals surface area contributed by atoms with E-state index in [-0.39, 0.29) is 18.2 Å². The number of alkyl halides is 3. The Kier molecular flexibility index (Phi) is 8.95. The molecule has 2 aromatic carbocycles.